The van der Waals surface area contributed by atoms with Crippen molar-refractivity contribution in [2.45, 2.75) is 52.4 Å². The number of aryl methyl sites for hydroxylation is 4. The van der Waals surface area contributed by atoms with Gasteiger partial charge in [0.2, 0.25) is 0 Å². The first kappa shape index (κ1) is 22.3. The smallest absolute Gasteiger partial charge is 0.109 e. The maximum atomic E-state index is 4.97. The lowest BCUT2D eigenvalue weighted by Gasteiger charge is -2.13. The zero-order chi connectivity index (χ0) is 24.0. The number of nitrogens with zero attached hydrogens (tertiary/aromatic N) is 5. The summed E-state index contributed by atoms with van der Waals surface area (Å²) in [5.41, 5.74) is 9.35. The molecule has 2 aromatic carbocycles. The summed E-state index contributed by atoms with van der Waals surface area (Å²) in [6.07, 6.45) is 5.99. The fourth-order valence-corrected chi connectivity index (χ4v) is 4.85. The number of fused-ring (bicyclic) bond motifs is 2. The van der Waals surface area contributed by atoms with Crippen LogP contribution in [0.1, 0.15) is 61.5 Å². The van der Waals surface area contributed by atoms with E-state index in [1.165, 1.54) is 22.2 Å². The molecule has 5 aromatic rings. The summed E-state index contributed by atoms with van der Waals surface area (Å²) < 4.78 is 4.12. The van der Waals surface area contributed by atoms with Crippen LogP contribution < -0.4 is 0 Å². The van der Waals surface area contributed by atoms with E-state index in [1.807, 2.05) is 17.9 Å². The average Bonchev–Trinajstić information content (AvgIpc) is 3.36. The van der Waals surface area contributed by atoms with Crippen molar-refractivity contribution in [3.05, 3.63) is 77.4 Å². The van der Waals surface area contributed by atoms with Crippen LogP contribution in [0.2, 0.25) is 0 Å². The van der Waals surface area contributed by atoms with E-state index in [9.17, 15) is 0 Å². The van der Waals surface area contributed by atoms with E-state index < -0.39 is 0 Å². The van der Waals surface area contributed by atoms with Gasteiger partial charge in [-0.2, -0.15) is 5.10 Å². The van der Waals surface area contributed by atoms with Gasteiger partial charge in [0.25, 0.3) is 0 Å². The molecule has 5 heteroatoms. The van der Waals surface area contributed by atoms with Crippen molar-refractivity contribution in [2.24, 2.45) is 14.1 Å². The Kier molecular flexibility index (Phi) is 5.72. The largest absolute Gasteiger partial charge is 0.331 e. The Morgan fingerprint density at radius 2 is 1.76 bits per heavy atom. The van der Waals surface area contributed by atoms with Crippen molar-refractivity contribution in [1.82, 2.24) is 24.3 Å². The molecule has 5 rings (SSSR count). The summed E-state index contributed by atoms with van der Waals surface area (Å²) in [7, 11) is 4.10. The number of aromatic nitrogens is 5. The van der Waals surface area contributed by atoms with Crippen LogP contribution in [0.3, 0.4) is 0 Å². The number of pyridine rings is 1. The molecule has 1 unspecified atom stereocenters. The molecular weight excluding hydrogens is 418 g/mol. The van der Waals surface area contributed by atoms with Crippen molar-refractivity contribution in [2.75, 3.05) is 0 Å². The standard InChI is InChI=1S/C29H33N5/c1-18(2)21-8-9-27-26(15-21)31-28(34(27)6)10-7-19(3)22-11-12-30-25(16-22)23-13-20(4)29-24(14-23)17-33(5)32-29/h8-9,11-19H,7,10H2,1-6H3. The van der Waals surface area contributed by atoms with Gasteiger partial charge in [-0.05, 0) is 78.3 Å². The second kappa shape index (κ2) is 8.71. The molecule has 0 radical (unpaired) electrons. The molecule has 1 atom stereocenters. The quantitative estimate of drug-likeness (QED) is 0.289. The van der Waals surface area contributed by atoms with E-state index in [4.69, 9.17) is 4.98 Å². The highest BCUT2D eigenvalue weighted by molar-refractivity contribution is 5.86. The molecule has 5 nitrogen and oxygen atoms in total. The van der Waals surface area contributed by atoms with Crippen LogP contribution >= 0.6 is 0 Å². The predicted molar refractivity (Wildman–Crippen MR) is 140 cm³/mol. The highest BCUT2D eigenvalue weighted by atomic mass is 15.2. The number of hydrogen-bond donors (Lipinski definition) is 0. The Morgan fingerprint density at radius 3 is 2.56 bits per heavy atom. The molecule has 3 aromatic heterocycles. The number of imidazole rings is 1. The van der Waals surface area contributed by atoms with Gasteiger partial charge in [-0.25, -0.2) is 4.98 Å². The minimum atomic E-state index is 0.413. The van der Waals surface area contributed by atoms with Crippen LogP contribution in [0.25, 0.3) is 33.2 Å². The van der Waals surface area contributed by atoms with Gasteiger partial charge in [-0.1, -0.05) is 26.8 Å². The molecule has 0 aliphatic heterocycles. The molecule has 3 heterocycles. The Morgan fingerprint density at radius 1 is 0.941 bits per heavy atom. The van der Waals surface area contributed by atoms with Gasteiger partial charge < -0.3 is 4.57 Å². The normalized spacial score (nSPS) is 12.8. The second-order valence-electron chi connectivity index (χ2n) is 9.94. The molecule has 0 fully saturated rings. The van der Waals surface area contributed by atoms with Crippen molar-refractivity contribution in [3.63, 3.8) is 0 Å². The van der Waals surface area contributed by atoms with Crippen LogP contribution in [0.15, 0.2) is 54.9 Å². The van der Waals surface area contributed by atoms with E-state index >= 15 is 0 Å². The minimum absolute atomic E-state index is 0.413. The highest BCUT2D eigenvalue weighted by Crippen LogP contribution is 2.29. The molecule has 174 valence electrons. The summed E-state index contributed by atoms with van der Waals surface area (Å²) in [6.45, 7) is 8.87. The van der Waals surface area contributed by atoms with Gasteiger partial charge in [0, 0.05) is 43.9 Å². The monoisotopic (exact) mass is 451 g/mol. The van der Waals surface area contributed by atoms with Crippen LogP contribution in [-0.2, 0) is 20.5 Å². The Bertz CT molecular complexity index is 1490. The van der Waals surface area contributed by atoms with Crippen LogP contribution in [-0.4, -0.2) is 24.3 Å². The lowest BCUT2D eigenvalue weighted by molar-refractivity contribution is 0.645. The summed E-state index contributed by atoms with van der Waals surface area (Å²) >= 11 is 0. The van der Waals surface area contributed by atoms with Gasteiger partial charge in [0.15, 0.2) is 0 Å². The predicted octanol–water partition coefficient (Wildman–Crippen LogP) is 6.69. The lowest BCUT2D eigenvalue weighted by atomic mass is 9.95. The van der Waals surface area contributed by atoms with Crippen LogP contribution in [0.4, 0.5) is 0 Å². The van der Waals surface area contributed by atoms with Crippen molar-refractivity contribution in [3.8, 4) is 11.3 Å². The van der Waals surface area contributed by atoms with Crippen molar-refractivity contribution >= 4 is 21.9 Å². The first-order chi connectivity index (χ1) is 16.3. The molecule has 0 spiro atoms. The van der Waals surface area contributed by atoms with Gasteiger partial charge in [-0.15, -0.1) is 0 Å². The van der Waals surface area contributed by atoms with Gasteiger partial charge >= 0.3 is 0 Å². The molecule has 0 aliphatic carbocycles. The maximum absolute atomic E-state index is 4.97. The molecule has 0 N–H and O–H groups in total. The summed E-state index contributed by atoms with van der Waals surface area (Å²) in [6, 6.07) is 15.4. The van der Waals surface area contributed by atoms with Gasteiger partial charge in [0.05, 0.1) is 22.2 Å². The Hall–Kier alpha value is -3.47. The third-order valence-corrected chi connectivity index (χ3v) is 7.03. The molecule has 34 heavy (non-hydrogen) atoms. The lowest BCUT2D eigenvalue weighted by Crippen LogP contribution is -2.02. The van der Waals surface area contributed by atoms with E-state index in [-0.39, 0.29) is 0 Å². The second-order valence-corrected chi connectivity index (χ2v) is 9.94. The molecule has 0 amide bonds. The number of rotatable bonds is 6. The molecule has 0 aliphatic rings. The van der Waals surface area contributed by atoms with Crippen molar-refractivity contribution in [1.29, 1.82) is 0 Å². The summed E-state index contributed by atoms with van der Waals surface area (Å²) in [5, 5.41) is 5.72. The molecular formula is C29H33N5. The van der Waals surface area contributed by atoms with E-state index in [2.05, 4.69) is 98.1 Å². The van der Waals surface area contributed by atoms with E-state index in [0.29, 0.717) is 11.8 Å². The first-order valence-electron chi connectivity index (χ1n) is 12.2. The average molecular weight is 452 g/mol. The third-order valence-electron chi connectivity index (χ3n) is 7.03. The van der Waals surface area contributed by atoms with Crippen molar-refractivity contribution < 1.29 is 0 Å². The SMILES string of the molecule is Cc1cc(-c2cc(C(C)CCc3nc4cc(C(C)C)ccc4n3C)ccn2)cc2cn(C)nc12. The topological polar surface area (TPSA) is 48.5 Å². The van der Waals surface area contributed by atoms with Crippen LogP contribution in [0.5, 0.6) is 0 Å². The van der Waals surface area contributed by atoms with Gasteiger partial charge in [0.1, 0.15) is 5.82 Å². The Labute approximate surface area is 201 Å². The number of benzene rings is 2. The van der Waals surface area contributed by atoms with E-state index in [1.54, 1.807) is 0 Å². The maximum Gasteiger partial charge on any atom is 0.109 e. The highest BCUT2D eigenvalue weighted by Gasteiger charge is 2.14. The fourth-order valence-electron chi connectivity index (χ4n) is 4.85. The van der Waals surface area contributed by atoms with E-state index in [0.717, 1.165) is 46.3 Å². The molecule has 0 saturated heterocycles. The zero-order valence-corrected chi connectivity index (χ0v) is 21.0. The Balaban J connectivity index is 1.36. The molecule has 0 bridgehead atoms. The third kappa shape index (κ3) is 4.11. The minimum Gasteiger partial charge on any atom is -0.331 e. The van der Waals surface area contributed by atoms with Gasteiger partial charge in [-0.3, -0.25) is 9.67 Å². The fraction of sp³-hybridized carbons (Fsp3) is 0.345. The van der Waals surface area contributed by atoms with Crippen LogP contribution in [0, 0.1) is 6.92 Å². The summed E-state index contributed by atoms with van der Waals surface area (Å²) in [5.74, 6) is 2.07. The zero-order valence-electron chi connectivity index (χ0n) is 21.0. The number of hydrogen-bond acceptors (Lipinski definition) is 3. The molecule has 0 saturated carbocycles. The summed E-state index contributed by atoms with van der Waals surface area (Å²) in [4.78, 5) is 9.66. The first-order valence-corrected chi connectivity index (χ1v) is 12.2.